The molecule has 1 amide bonds. The Morgan fingerprint density at radius 3 is 2.26 bits per heavy atom. The molecule has 128 valence electrons. The third kappa shape index (κ3) is 6.30. The zero-order valence-electron chi connectivity index (χ0n) is 14.3. The molecule has 0 spiro atoms. The Morgan fingerprint density at radius 2 is 1.83 bits per heavy atom. The zero-order chi connectivity index (χ0) is 17.4. The van der Waals surface area contributed by atoms with Gasteiger partial charge in [0.1, 0.15) is 11.8 Å². The van der Waals surface area contributed by atoms with Gasteiger partial charge in [0, 0.05) is 6.42 Å². The lowest BCUT2D eigenvalue weighted by molar-refractivity contribution is -0.142. The average Bonchev–Trinajstić information content (AvgIpc) is 2.51. The number of benzene rings is 1. The van der Waals surface area contributed by atoms with Gasteiger partial charge in [-0.2, -0.15) is 0 Å². The summed E-state index contributed by atoms with van der Waals surface area (Å²) in [7, 11) is 1.61. The van der Waals surface area contributed by atoms with Gasteiger partial charge in [0.2, 0.25) is 5.91 Å². The molecule has 1 rings (SSSR count). The molecule has 5 heteroatoms. The molecule has 0 radical (unpaired) electrons. The molecule has 2 atom stereocenters. The van der Waals surface area contributed by atoms with Crippen LogP contribution in [0.25, 0.3) is 0 Å². The molecule has 0 saturated carbocycles. The molecule has 1 aromatic rings. The van der Waals surface area contributed by atoms with Crippen LogP contribution in [0.1, 0.15) is 51.5 Å². The van der Waals surface area contributed by atoms with Crippen molar-refractivity contribution in [3.8, 4) is 5.75 Å². The number of carbonyl (C=O) groups is 2. The summed E-state index contributed by atoms with van der Waals surface area (Å²) in [6.07, 6.45) is 1.52. The van der Waals surface area contributed by atoms with E-state index in [0.29, 0.717) is 6.42 Å². The average molecular weight is 321 g/mol. The van der Waals surface area contributed by atoms with Crippen LogP contribution in [0, 0.1) is 5.92 Å². The minimum absolute atomic E-state index is 0.0643. The Balaban J connectivity index is 2.69. The first-order valence-corrected chi connectivity index (χ1v) is 8.03. The molecule has 2 N–H and O–H groups in total. The third-order valence-corrected chi connectivity index (χ3v) is 3.85. The number of hydrogen-bond acceptors (Lipinski definition) is 3. The van der Waals surface area contributed by atoms with E-state index in [4.69, 9.17) is 4.74 Å². The van der Waals surface area contributed by atoms with E-state index in [2.05, 4.69) is 5.32 Å². The van der Waals surface area contributed by atoms with Crippen LogP contribution in [-0.4, -0.2) is 30.1 Å². The van der Waals surface area contributed by atoms with Gasteiger partial charge < -0.3 is 15.2 Å². The fourth-order valence-corrected chi connectivity index (χ4v) is 2.54. The summed E-state index contributed by atoms with van der Waals surface area (Å²) < 4.78 is 5.14. The van der Waals surface area contributed by atoms with Gasteiger partial charge in [0.05, 0.1) is 7.11 Å². The van der Waals surface area contributed by atoms with Crippen molar-refractivity contribution in [1.82, 2.24) is 5.32 Å². The van der Waals surface area contributed by atoms with Gasteiger partial charge in [-0.15, -0.1) is 0 Å². The highest BCUT2D eigenvalue weighted by Crippen LogP contribution is 2.25. The van der Waals surface area contributed by atoms with E-state index in [9.17, 15) is 14.7 Å². The maximum Gasteiger partial charge on any atom is 0.326 e. The molecule has 0 saturated heterocycles. The number of carboxylic acids is 1. The first-order valence-electron chi connectivity index (χ1n) is 8.03. The fraction of sp³-hybridized carbons (Fsp3) is 0.556. The van der Waals surface area contributed by atoms with E-state index in [-0.39, 0.29) is 24.2 Å². The van der Waals surface area contributed by atoms with Crippen molar-refractivity contribution in [2.75, 3.05) is 7.11 Å². The van der Waals surface area contributed by atoms with Gasteiger partial charge >= 0.3 is 5.97 Å². The third-order valence-electron chi connectivity index (χ3n) is 3.85. The normalized spacial score (nSPS) is 13.4. The molecule has 0 bridgehead atoms. The van der Waals surface area contributed by atoms with E-state index in [1.54, 1.807) is 7.11 Å². The fourth-order valence-electron chi connectivity index (χ4n) is 2.54. The molecule has 0 aliphatic carbocycles. The van der Waals surface area contributed by atoms with E-state index in [1.807, 2.05) is 45.0 Å². The summed E-state index contributed by atoms with van der Waals surface area (Å²) in [5, 5.41) is 11.9. The van der Waals surface area contributed by atoms with Gasteiger partial charge in [0.25, 0.3) is 0 Å². The molecule has 1 aromatic carbocycles. The number of carboxylic acid groups (broad SMARTS) is 1. The van der Waals surface area contributed by atoms with E-state index in [0.717, 1.165) is 17.7 Å². The van der Waals surface area contributed by atoms with Crippen LogP contribution in [0.3, 0.4) is 0 Å². The summed E-state index contributed by atoms with van der Waals surface area (Å²) >= 11 is 0. The van der Waals surface area contributed by atoms with Crippen LogP contribution in [0.5, 0.6) is 5.75 Å². The predicted octanol–water partition coefficient (Wildman–Crippen LogP) is 3.19. The number of nitrogens with one attached hydrogen (secondary N) is 1. The van der Waals surface area contributed by atoms with Crippen molar-refractivity contribution in [2.45, 2.75) is 52.0 Å². The van der Waals surface area contributed by atoms with Gasteiger partial charge in [0.15, 0.2) is 0 Å². The molecule has 0 fully saturated rings. The van der Waals surface area contributed by atoms with E-state index in [1.165, 1.54) is 0 Å². The molecular formula is C18H27NO4. The summed E-state index contributed by atoms with van der Waals surface area (Å²) in [5.74, 6) is -0.157. The lowest BCUT2D eigenvalue weighted by Gasteiger charge is -2.19. The van der Waals surface area contributed by atoms with Crippen LogP contribution in [0.4, 0.5) is 0 Å². The summed E-state index contributed by atoms with van der Waals surface area (Å²) in [5.41, 5.74) is 1.05. The van der Waals surface area contributed by atoms with Gasteiger partial charge in [-0.05, 0) is 42.4 Å². The number of methoxy groups -OCH3 is 1. The van der Waals surface area contributed by atoms with Crippen LogP contribution in [-0.2, 0) is 9.59 Å². The highest BCUT2D eigenvalue weighted by molar-refractivity contribution is 5.83. The molecular weight excluding hydrogens is 294 g/mol. The largest absolute Gasteiger partial charge is 0.497 e. The lowest BCUT2D eigenvalue weighted by Crippen LogP contribution is -2.42. The molecule has 0 aromatic heterocycles. The second-order valence-electron chi connectivity index (χ2n) is 6.17. The van der Waals surface area contributed by atoms with Crippen molar-refractivity contribution >= 4 is 11.9 Å². The smallest absolute Gasteiger partial charge is 0.326 e. The monoisotopic (exact) mass is 321 g/mol. The van der Waals surface area contributed by atoms with Crippen LogP contribution >= 0.6 is 0 Å². The van der Waals surface area contributed by atoms with Crippen molar-refractivity contribution in [3.05, 3.63) is 29.8 Å². The van der Waals surface area contributed by atoms with Crippen molar-refractivity contribution in [3.63, 3.8) is 0 Å². The second-order valence-corrected chi connectivity index (χ2v) is 6.17. The quantitative estimate of drug-likeness (QED) is 0.732. The Labute approximate surface area is 138 Å². The maximum atomic E-state index is 12.2. The minimum atomic E-state index is -0.982. The van der Waals surface area contributed by atoms with Gasteiger partial charge in [-0.3, -0.25) is 4.79 Å². The van der Waals surface area contributed by atoms with Crippen molar-refractivity contribution < 1.29 is 19.4 Å². The first kappa shape index (κ1) is 19.0. The Kier molecular flexibility index (Phi) is 7.59. The topological polar surface area (TPSA) is 75.6 Å². The lowest BCUT2D eigenvalue weighted by atomic mass is 9.92. The number of carbonyl (C=O) groups excluding carboxylic acids is 1. The van der Waals surface area contributed by atoms with E-state index >= 15 is 0 Å². The van der Waals surface area contributed by atoms with Crippen LogP contribution in [0.2, 0.25) is 0 Å². The summed E-state index contributed by atoms with van der Waals surface area (Å²) in [6.45, 7) is 5.90. The highest BCUT2D eigenvalue weighted by Gasteiger charge is 2.23. The maximum absolute atomic E-state index is 12.2. The molecule has 0 heterocycles. The zero-order valence-corrected chi connectivity index (χ0v) is 14.3. The first-order chi connectivity index (χ1) is 10.9. The Morgan fingerprint density at radius 1 is 1.22 bits per heavy atom. The standard InChI is InChI=1S/C18H27NO4/c1-5-13(14-6-8-15(23-4)9-7-14)11-17(20)19-16(18(21)22)10-12(2)3/h6-9,12-13,16H,5,10-11H2,1-4H3,(H,19,20)(H,21,22). The van der Waals surface area contributed by atoms with E-state index < -0.39 is 12.0 Å². The van der Waals surface area contributed by atoms with Crippen molar-refractivity contribution in [1.29, 1.82) is 0 Å². The molecule has 0 aliphatic rings. The highest BCUT2D eigenvalue weighted by atomic mass is 16.5. The molecule has 5 nitrogen and oxygen atoms in total. The molecule has 0 aliphatic heterocycles. The number of rotatable bonds is 9. The minimum Gasteiger partial charge on any atom is -0.497 e. The Bertz CT molecular complexity index is 510. The van der Waals surface area contributed by atoms with Gasteiger partial charge in [-0.25, -0.2) is 4.79 Å². The van der Waals surface area contributed by atoms with Gasteiger partial charge in [-0.1, -0.05) is 32.9 Å². The number of ether oxygens (including phenoxy) is 1. The van der Waals surface area contributed by atoms with Crippen LogP contribution < -0.4 is 10.1 Å². The summed E-state index contributed by atoms with van der Waals surface area (Å²) in [6, 6.07) is 6.81. The SMILES string of the molecule is CCC(CC(=O)NC(CC(C)C)C(=O)O)c1ccc(OC)cc1. The van der Waals surface area contributed by atoms with Crippen molar-refractivity contribution in [2.24, 2.45) is 5.92 Å². The predicted molar refractivity (Wildman–Crippen MR) is 89.7 cm³/mol. The number of aliphatic carboxylic acids is 1. The van der Waals surface area contributed by atoms with Crippen LogP contribution in [0.15, 0.2) is 24.3 Å². The molecule has 23 heavy (non-hydrogen) atoms. The summed E-state index contributed by atoms with van der Waals surface area (Å²) in [4.78, 5) is 23.4. The number of hydrogen-bond donors (Lipinski definition) is 2. The second kappa shape index (κ2) is 9.18. The number of amides is 1. The molecule has 2 unspecified atom stereocenters. The Hall–Kier alpha value is -2.04.